The third-order valence-corrected chi connectivity index (χ3v) is 2.42. The summed E-state index contributed by atoms with van der Waals surface area (Å²) in [5.74, 6) is 0.387. The van der Waals surface area contributed by atoms with E-state index in [0.717, 1.165) is 17.9 Å². The van der Waals surface area contributed by atoms with Gasteiger partial charge < -0.3 is 14.4 Å². The first-order valence-corrected chi connectivity index (χ1v) is 5.66. The minimum Gasteiger partial charge on any atom is -0.496 e. The number of rotatable bonds is 5. The molecule has 1 aromatic rings. The molecule has 0 aliphatic carbocycles. The van der Waals surface area contributed by atoms with E-state index in [4.69, 9.17) is 9.47 Å². The molecular weight excluding hydrogens is 230 g/mol. The maximum absolute atomic E-state index is 11.5. The molecule has 0 aliphatic heterocycles. The number of methoxy groups -OCH3 is 2. The predicted molar refractivity (Wildman–Crippen MR) is 71.9 cm³/mol. The van der Waals surface area contributed by atoms with Gasteiger partial charge in [0.25, 0.3) is 0 Å². The number of hydrogen-bond acceptors (Lipinski definition) is 4. The molecule has 0 atom stereocenters. The fourth-order valence-electron chi connectivity index (χ4n) is 1.50. The molecule has 0 heterocycles. The minimum atomic E-state index is -0.347. The molecule has 0 bridgehead atoms. The molecule has 4 nitrogen and oxygen atoms in total. The van der Waals surface area contributed by atoms with Crippen LogP contribution in [0, 0.1) is 0 Å². The summed E-state index contributed by atoms with van der Waals surface area (Å²) in [5, 5.41) is 0. The van der Waals surface area contributed by atoms with Gasteiger partial charge in [0.15, 0.2) is 0 Å². The Morgan fingerprint density at radius 3 is 2.61 bits per heavy atom. The summed E-state index contributed by atoms with van der Waals surface area (Å²) in [6.07, 6.45) is 3.95. The molecule has 0 saturated heterocycles. The molecule has 0 N–H and O–H groups in total. The van der Waals surface area contributed by atoms with E-state index < -0.39 is 0 Å². The molecule has 0 spiro atoms. The Kier molecular flexibility index (Phi) is 5.39. The quantitative estimate of drug-likeness (QED) is 0.749. The standard InChI is InChI=1S/C14H19NO3/c1-15(2)9-5-6-11-10-12(14(16)18-4)7-8-13(11)17-3/h5-8,10H,9H2,1-4H3/b6-5-. The maximum atomic E-state index is 11.5. The molecule has 98 valence electrons. The van der Waals surface area contributed by atoms with Crippen LogP contribution >= 0.6 is 0 Å². The van der Waals surface area contributed by atoms with Crippen LogP contribution in [-0.2, 0) is 4.74 Å². The number of hydrogen-bond donors (Lipinski definition) is 0. The van der Waals surface area contributed by atoms with Crippen LogP contribution in [0.25, 0.3) is 6.08 Å². The van der Waals surface area contributed by atoms with E-state index in [1.165, 1.54) is 7.11 Å². The van der Waals surface area contributed by atoms with E-state index in [2.05, 4.69) is 0 Å². The molecule has 0 aliphatic rings. The van der Waals surface area contributed by atoms with Crippen LogP contribution in [0.3, 0.4) is 0 Å². The lowest BCUT2D eigenvalue weighted by Crippen LogP contribution is -2.10. The average Bonchev–Trinajstić information content (AvgIpc) is 2.37. The van der Waals surface area contributed by atoms with E-state index >= 15 is 0 Å². The first-order valence-electron chi connectivity index (χ1n) is 5.66. The lowest BCUT2D eigenvalue weighted by molar-refractivity contribution is 0.0600. The van der Waals surface area contributed by atoms with E-state index in [0.29, 0.717) is 5.56 Å². The van der Waals surface area contributed by atoms with Gasteiger partial charge in [-0.25, -0.2) is 4.79 Å². The highest BCUT2D eigenvalue weighted by atomic mass is 16.5. The van der Waals surface area contributed by atoms with Crippen LogP contribution in [0.15, 0.2) is 24.3 Å². The Hall–Kier alpha value is -1.81. The second kappa shape index (κ2) is 6.81. The van der Waals surface area contributed by atoms with Crippen molar-refractivity contribution in [3.63, 3.8) is 0 Å². The van der Waals surface area contributed by atoms with Gasteiger partial charge in [-0.05, 0) is 32.3 Å². The van der Waals surface area contributed by atoms with E-state index in [-0.39, 0.29) is 5.97 Å². The molecular formula is C14H19NO3. The van der Waals surface area contributed by atoms with Crippen molar-refractivity contribution >= 4 is 12.0 Å². The van der Waals surface area contributed by atoms with Gasteiger partial charge in [-0.1, -0.05) is 12.2 Å². The Morgan fingerprint density at radius 1 is 1.33 bits per heavy atom. The predicted octanol–water partition coefficient (Wildman–Crippen LogP) is 2.06. The summed E-state index contributed by atoms with van der Waals surface area (Å²) in [6, 6.07) is 5.21. The number of ether oxygens (including phenoxy) is 2. The second-order valence-electron chi connectivity index (χ2n) is 4.11. The van der Waals surface area contributed by atoms with Crippen LogP contribution in [0.1, 0.15) is 15.9 Å². The van der Waals surface area contributed by atoms with Crippen LogP contribution in [0.2, 0.25) is 0 Å². The molecule has 0 unspecified atom stereocenters. The van der Waals surface area contributed by atoms with Gasteiger partial charge in [0.05, 0.1) is 19.8 Å². The zero-order valence-electron chi connectivity index (χ0n) is 11.3. The average molecular weight is 249 g/mol. The summed E-state index contributed by atoms with van der Waals surface area (Å²) in [6.45, 7) is 0.825. The van der Waals surface area contributed by atoms with Crippen LogP contribution < -0.4 is 4.74 Å². The third kappa shape index (κ3) is 3.89. The first-order chi connectivity index (χ1) is 8.58. The molecule has 4 heteroatoms. The molecule has 0 fully saturated rings. The Labute approximate surface area is 108 Å². The van der Waals surface area contributed by atoms with Crippen molar-refractivity contribution in [1.82, 2.24) is 4.90 Å². The van der Waals surface area contributed by atoms with E-state index in [1.807, 2.05) is 31.1 Å². The highest BCUT2D eigenvalue weighted by Gasteiger charge is 2.08. The SMILES string of the molecule is COC(=O)c1ccc(OC)c(/C=C\CN(C)C)c1. The molecule has 1 rings (SSSR count). The summed E-state index contributed by atoms with van der Waals surface area (Å²) in [7, 11) is 6.96. The fraction of sp³-hybridized carbons (Fsp3) is 0.357. The van der Waals surface area contributed by atoms with Crippen molar-refractivity contribution in [3.05, 3.63) is 35.4 Å². The van der Waals surface area contributed by atoms with Gasteiger partial charge in [0, 0.05) is 12.1 Å². The van der Waals surface area contributed by atoms with Gasteiger partial charge in [-0.3, -0.25) is 0 Å². The van der Waals surface area contributed by atoms with Crippen LogP contribution in [0.5, 0.6) is 5.75 Å². The van der Waals surface area contributed by atoms with Crippen LogP contribution in [-0.4, -0.2) is 45.7 Å². The van der Waals surface area contributed by atoms with Crippen molar-refractivity contribution in [2.75, 3.05) is 34.9 Å². The smallest absolute Gasteiger partial charge is 0.337 e. The van der Waals surface area contributed by atoms with Crippen LogP contribution in [0.4, 0.5) is 0 Å². The maximum Gasteiger partial charge on any atom is 0.337 e. The molecule has 1 aromatic carbocycles. The van der Waals surface area contributed by atoms with Crippen molar-refractivity contribution in [2.45, 2.75) is 0 Å². The number of benzene rings is 1. The van der Waals surface area contributed by atoms with E-state index in [9.17, 15) is 4.79 Å². The minimum absolute atomic E-state index is 0.347. The Balaban J connectivity index is 2.99. The number of carbonyl (C=O) groups is 1. The Morgan fingerprint density at radius 2 is 2.06 bits per heavy atom. The number of carbonyl (C=O) groups excluding carboxylic acids is 1. The highest BCUT2D eigenvalue weighted by Crippen LogP contribution is 2.21. The second-order valence-corrected chi connectivity index (χ2v) is 4.11. The molecule has 0 saturated carbocycles. The summed E-state index contributed by atoms with van der Waals surface area (Å²) in [4.78, 5) is 13.5. The molecule has 0 aromatic heterocycles. The van der Waals surface area contributed by atoms with E-state index in [1.54, 1.807) is 25.3 Å². The van der Waals surface area contributed by atoms with Crippen molar-refractivity contribution < 1.29 is 14.3 Å². The number of likely N-dealkylation sites (N-methyl/N-ethyl adjacent to an activating group) is 1. The molecule has 0 amide bonds. The largest absolute Gasteiger partial charge is 0.496 e. The fourth-order valence-corrected chi connectivity index (χ4v) is 1.50. The van der Waals surface area contributed by atoms with Gasteiger partial charge in [0.2, 0.25) is 0 Å². The summed E-state index contributed by atoms with van der Waals surface area (Å²) < 4.78 is 9.95. The molecule has 18 heavy (non-hydrogen) atoms. The zero-order chi connectivity index (χ0) is 13.5. The monoisotopic (exact) mass is 249 g/mol. The summed E-state index contributed by atoms with van der Waals surface area (Å²) in [5.41, 5.74) is 1.38. The third-order valence-electron chi connectivity index (χ3n) is 2.42. The van der Waals surface area contributed by atoms with Crippen molar-refractivity contribution in [1.29, 1.82) is 0 Å². The Bertz CT molecular complexity index is 439. The number of nitrogens with zero attached hydrogens (tertiary/aromatic N) is 1. The van der Waals surface area contributed by atoms with Gasteiger partial charge >= 0.3 is 5.97 Å². The lowest BCUT2D eigenvalue weighted by atomic mass is 10.1. The molecule has 0 radical (unpaired) electrons. The topological polar surface area (TPSA) is 38.8 Å². The normalized spacial score (nSPS) is 10.9. The number of esters is 1. The van der Waals surface area contributed by atoms with Gasteiger partial charge in [0.1, 0.15) is 5.75 Å². The highest BCUT2D eigenvalue weighted by molar-refractivity contribution is 5.90. The van der Waals surface area contributed by atoms with Crippen molar-refractivity contribution in [2.24, 2.45) is 0 Å². The first kappa shape index (κ1) is 14.3. The van der Waals surface area contributed by atoms with Gasteiger partial charge in [-0.15, -0.1) is 0 Å². The van der Waals surface area contributed by atoms with Crippen molar-refractivity contribution in [3.8, 4) is 5.75 Å². The van der Waals surface area contributed by atoms with Gasteiger partial charge in [-0.2, -0.15) is 0 Å². The lowest BCUT2D eigenvalue weighted by Gasteiger charge is -2.08. The zero-order valence-corrected chi connectivity index (χ0v) is 11.3. The summed E-state index contributed by atoms with van der Waals surface area (Å²) >= 11 is 0.